The molecule has 2 N–H and O–H groups in total. The van der Waals surface area contributed by atoms with E-state index in [4.69, 9.17) is 16.3 Å². The Bertz CT molecular complexity index is 1010. The van der Waals surface area contributed by atoms with E-state index in [0.29, 0.717) is 4.88 Å². The third-order valence-corrected chi connectivity index (χ3v) is 7.00. The van der Waals surface area contributed by atoms with E-state index < -0.39 is 15.6 Å². The Labute approximate surface area is 161 Å². The van der Waals surface area contributed by atoms with Gasteiger partial charge in [0, 0.05) is 21.1 Å². The zero-order chi connectivity index (χ0) is 18.9. The van der Waals surface area contributed by atoms with Gasteiger partial charge in [0.05, 0.1) is 7.11 Å². The molecule has 5 nitrogen and oxygen atoms in total. The molecule has 0 aliphatic carbocycles. The van der Waals surface area contributed by atoms with Crippen molar-refractivity contribution in [1.29, 1.82) is 0 Å². The van der Waals surface area contributed by atoms with Crippen molar-refractivity contribution in [1.82, 2.24) is 4.72 Å². The van der Waals surface area contributed by atoms with E-state index in [-0.39, 0.29) is 22.2 Å². The number of nitrogens with one attached hydrogen (secondary N) is 1. The van der Waals surface area contributed by atoms with Gasteiger partial charge >= 0.3 is 0 Å². The second-order valence-corrected chi connectivity index (χ2v) is 9.30. The first kappa shape index (κ1) is 19.1. The minimum absolute atomic E-state index is 0.0698. The molecule has 8 heteroatoms. The summed E-state index contributed by atoms with van der Waals surface area (Å²) in [4.78, 5) is 0.610. The van der Waals surface area contributed by atoms with Crippen molar-refractivity contribution < 1.29 is 18.3 Å². The minimum Gasteiger partial charge on any atom is -0.495 e. The van der Waals surface area contributed by atoms with Gasteiger partial charge in [0.25, 0.3) is 0 Å². The summed E-state index contributed by atoms with van der Waals surface area (Å²) in [6, 6.07) is 14.0. The number of hydrogen-bond donors (Lipinski definition) is 2. The second-order valence-electron chi connectivity index (χ2n) is 6.04. The first-order chi connectivity index (χ1) is 12.2. The summed E-state index contributed by atoms with van der Waals surface area (Å²) >= 11 is 7.35. The molecule has 0 saturated heterocycles. The van der Waals surface area contributed by atoms with Crippen LogP contribution < -0.4 is 9.46 Å². The maximum absolute atomic E-state index is 12.7. The maximum Gasteiger partial charge on any atom is 0.244 e. The third kappa shape index (κ3) is 3.87. The van der Waals surface area contributed by atoms with Crippen LogP contribution >= 0.6 is 22.9 Å². The molecule has 1 unspecified atom stereocenters. The first-order valence-electron chi connectivity index (χ1n) is 7.77. The highest BCUT2D eigenvalue weighted by Crippen LogP contribution is 2.33. The molecule has 3 aromatic rings. The SMILES string of the molecule is COc1ccc(Cl)cc1S(=O)(=O)NCC(C)(O)c1cc2ccccc2s1. The fourth-order valence-electron chi connectivity index (χ4n) is 2.51. The van der Waals surface area contributed by atoms with Crippen molar-refractivity contribution in [3.05, 3.63) is 58.4 Å². The molecule has 1 aromatic heterocycles. The summed E-state index contributed by atoms with van der Waals surface area (Å²) < 4.78 is 33.9. The molecule has 1 heterocycles. The normalized spacial score (nSPS) is 14.3. The van der Waals surface area contributed by atoms with Crippen LogP contribution in [0.4, 0.5) is 0 Å². The number of halogens is 1. The lowest BCUT2D eigenvalue weighted by atomic mass is 10.1. The van der Waals surface area contributed by atoms with Gasteiger partial charge in [-0.15, -0.1) is 11.3 Å². The first-order valence-corrected chi connectivity index (χ1v) is 10.5. The van der Waals surface area contributed by atoms with Crippen LogP contribution in [0, 0.1) is 0 Å². The van der Waals surface area contributed by atoms with Gasteiger partial charge in [0.2, 0.25) is 10.0 Å². The highest BCUT2D eigenvalue weighted by Gasteiger charge is 2.29. The quantitative estimate of drug-likeness (QED) is 0.647. The van der Waals surface area contributed by atoms with Crippen LogP contribution in [0.2, 0.25) is 5.02 Å². The summed E-state index contributed by atoms with van der Waals surface area (Å²) in [5.74, 6) is 0.184. The van der Waals surface area contributed by atoms with Crippen LogP contribution in [0.3, 0.4) is 0 Å². The monoisotopic (exact) mass is 411 g/mol. The summed E-state index contributed by atoms with van der Waals surface area (Å²) in [6.45, 7) is 1.40. The summed E-state index contributed by atoms with van der Waals surface area (Å²) in [7, 11) is -2.53. The number of sulfonamides is 1. The molecule has 0 fully saturated rings. The molecule has 3 rings (SSSR count). The van der Waals surface area contributed by atoms with E-state index in [2.05, 4.69) is 4.72 Å². The van der Waals surface area contributed by atoms with Crippen molar-refractivity contribution in [2.75, 3.05) is 13.7 Å². The Morgan fingerprint density at radius 1 is 1.23 bits per heavy atom. The van der Waals surface area contributed by atoms with Crippen molar-refractivity contribution >= 4 is 43.0 Å². The molecule has 0 saturated carbocycles. The van der Waals surface area contributed by atoms with Crippen LogP contribution in [0.1, 0.15) is 11.8 Å². The van der Waals surface area contributed by atoms with Crippen LogP contribution in [0.5, 0.6) is 5.75 Å². The molecular weight excluding hydrogens is 394 g/mol. The predicted molar refractivity (Wildman–Crippen MR) is 105 cm³/mol. The van der Waals surface area contributed by atoms with E-state index >= 15 is 0 Å². The molecular formula is C18H18ClNO4S2. The van der Waals surface area contributed by atoms with E-state index in [9.17, 15) is 13.5 Å². The highest BCUT2D eigenvalue weighted by atomic mass is 35.5. The zero-order valence-corrected chi connectivity index (χ0v) is 16.6. The molecule has 0 aliphatic rings. The predicted octanol–water partition coefficient (Wildman–Crippen LogP) is 3.75. The van der Waals surface area contributed by atoms with Crippen LogP contribution in [-0.4, -0.2) is 27.2 Å². The van der Waals surface area contributed by atoms with Gasteiger partial charge < -0.3 is 9.84 Å². The lowest BCUT2D eigenvalue weighted by Crippen LogP contribution is -2.38. The highest BCUT2D eigenvalue weighted by molar-refractivity contribution is 7.89. The smallest absolute Gasteiger partial charge is 0.244 e. The molecule has 0 radical (unpaired) electrons. The van der Waals surface area contributed by atoms with Gasteiger partial charge in [-0.25, -0.2) is 13.1 Å². The van der Waals surface area contributed by atoms with Gasteiger partial charge in [-0.05, 0) is 42.6 Å². The molecule has 1 atom stereocenters. The third-order valence-electron chi connectivity index (χ3n) is 3.98. The molecule has 26 heavy (non-hydrogen) atoms. The number of hydrogen-bond acceptors (Lipinski definition) is 5. The van der Waals surface area contributed by atoms with Gasteiger partial charge in [0.1, 0.15) is 16.2 Å². The Hall–Kier alpha value is -1.64. The topological polar surface area (TPSA) is 75.6 Å². The minimum atomic E-state index is -3.91. The number of rotatable bonds is 6. The fraction of sp³-hybridized carbons (Fsp3) is 0.222. The largest absolute Gasteiger partial charge is 0.495 e. The van der Waals surface area contributed by atoms with Gasteiger partial charge in [-0.1, -0.05) is 29.8 Å². The Kier molecular flexibility index (Phi) is 5.28. The number of thiophene rings is 1. The van der Waals surface area contributed by atoms with E-state index in [0.717, 1.165) is 10.1 Å². The number of fused-ring (bicyclic) bond motifs is 1. The lowest BCUT2D eigenvalue weighted by molar-refractivity contribution is 0.0666. The molecule has 0 aliphatic heterocycles. The van der Waals surface area contributed by atoms with Crippen LogP contribution in [0.25, 0.3) is 10.1 Å². The van der Waals surface area contributed by atoms with Crippen molar-refractivity contribution in [3.63, 3.8) is 0 Å². The lowest BCUT2D eigenvalue weighted by Gasteiger charge is -2.22. The summed E-state index contributed by atoms with van der Waals surface area (Å²) in [5.41, 5.74) is -1.36. The second kappa shape index (κ2) is 7.17. The van der Waals surface area contributed by atoms with Gasteiger partial charge in [0.15, 0.2) is 0 Å². The average Bonchev–Trinajstić information content (AvgIpc) is 3.05. The van der Waals surface area contributed by atoms with E-state index in [1.54, 1.807) is 13.0 Å². The van der Waals surface area contributed by atoms with Crippen LogP contribution in [0.15, 0.2) is 53.4 Å². The molecule has 0 spiro atoms. The van der Waals surface area contributed by atoms with Crippen LogP contribution in [-0.2, 0) is 15.6 Å². The number of aliphatic hydroxyl groups is 1. The van der Waals surface area contributed by atoms with Gasteiger partial charge in [-0.3, -0.25) is 0 Å². The van der Waals surface area contributed by atoms with Crippen molar-refractivity contribution in [2.24, 2.45) is 0 Å². The van der Waals surface area contributed by atoms with E-state index in [1.165, 1.54) is 30.6 Å². The molecule has 138 valence electrons. The Morgan fingerprint density at radius 3 is 2.65 bits per heavy atom. The number of ether oxygens (including phenoxy) is 1. The number of benzene rings is 2. The maximum atomic E-state index is 12.7. The Morgan fingerprint density at radius 2 is 1.96 bits per heavy atom. The summed E-state index contributed by atoms with van der Waals surface area (Å²) in [6.07, 6.45) is 0. The Balaban J connectivity index is 1.85. The molecule has 0 bridgehead atoms. The zero-order valence-electron chi connectivity index (χ0n) is 14.2. The molecule has 2 aromatic carbocycles. The van der Waals surface area contributed by atoms with Crippen molar-refractivity contribution in [3.8, 4) is 5.75 Å². The fourth-order valence-corrected chi connectivity index (χ4v) is 5.18. The van der Waals surface area contributed by atoms with Crippen molar-refractivity contribution in [2.45, 2.75) is 17.4 Å². The number of methoxy groups -OCH3 is 1. The average molecular weight is 412 g/mol. The standard InChI is InChI=1S/C18H18ClNO4S2/c1-18(21,17-9-12-5-3-4-6-15(12)25-17)11-20-26(22,23)16-10-13(19)7-8-14(16)24-2/h3-10,20-21H,11H2,1-2H3. The van der Waals surface area contributed by atoms with Gasteiger partial charge in [-0.2, -0.15) is 0 Å². The summed E-state index contributed by atoms with van der Waals surface area (Å²) in [5, 5.41) is 12.1. The van der Waals surface area contributed by atoms with E-state index in [1.807, 2.05) is 30.3 Å². The molecule has 0 amide bonds.